The van der Waals surface area contributed by atoms with Crippen molar-refractivity contribution in [1.82, 2.24) is 0 Å². The van der Waals surface area contributed by atoms with E-state index in [0.29, 0.717) is 17.3 Å². The lowest BCUT2D eigenvalue weighted by Crippen LogP contribution is -2.79. The Kier molecular flexibility index (Phi) is 8.64. The average Bonchev–Trinajstić information content (AvgIpc) is 3.05. The predicted octanol–water partition coefficient (Wildman–Crippen LogP) is 6.95. The molecule has 0 fully saturated rings. The van der Waals surface area contributed by atoms with Crippen LogP contribution in [0.1, 0.15) is 0 Å². The Morgan fingerprint density at radius 3 is 0.979 bits per heavy atom. The van der Waals surface area contributed by atoms with Gasteiger partial charge in [-0.3, -0.25) is 0 Å². The normalized spacial score (nSPS) is 12.4. The Morgan fingerprint density at radius 1 is 0.396 bits per heavy atom. The van der Waals surface area contributed by atoms with Crippen LogP contribution in [-0.4, -0.2) is 13.5 Å². The number of halogens is 16. The van der Waals surface area contributed by atoms with Gasteiger partial charge in [0.15, 0.2) is 59.7 Å². The number of rotatable bonds is 5. The van der Waals surface area contributed by atoms with Crippen molar-refractivity contribution >= 4 is 62.4 Å². The molecule has 0 heterocycles. The van der Waals surface area contributed by atoms with E-state index in [4.69, 9.17) is 11.1 Å². The lowest BCUT2D eigenvalue weighted by atomic mass is 9.12. The molecular formula is C30H12BClF15Si-. The highest BCUT2D eigenvalue weighted by Crippen LogP contribution is 2.29. The van der Waals surface area contributed by atoms with E-state index >= 15 is 26.3 Å². The van der Waals surface area contributed by atoms with E-state index in [1.165, 1.54) is 12.1 Å². The van der Waals surface area contributed by atoms with Gasteiger partial charge in [-0.2, -0.15) is 16.5 Å². The first-order valence-electron chi connectivity index (χ1n) is 13.2. The molecule has 0 aromatic heterocycles. The molecular weight excluding hydrogens is 720 g/mol. The van der Waals surface area contributed by atoms with Crippen LogP contribution in [0.15, 0.2) is 36.4 Å². The first-order chi connectivity index (χ1) is 22.2. The van der Waals surface area contributed by atoms with Gasteiger partial charge in [-0.1, -0.05) is 49.5 Å². The third-order valence-electron chi connectivity index (χ3n) is 8.08. The van der Waals surface area contributed by atoms with Crippen molar-refractivity contribution in [2.75, 3.05) is 0 Å². The topological polar surface area (TPSA) is 0 Å². The standard InChI is InChI=1S/C30H12BClF15Si/c1-48(2,32)12-6-4-9-7-11(5-3-10(9)8-12)31(13-16(33)22(39)28(45)23(40)17(13)34,14-18(35)24(41)29(46)25(42)19(14)36)15-20(37)26(43)30(47)27(44)21(15)38/h3-8H,1-2H3/q-1. The van der Waals surface area contributed by atoms with Crippen LogP contribution in [-0.2, 0) is 0 Å². The summed E-state index contributed by atoms with van der Waals surface area (Å²) in [5, 5.41) is 0.337. The van der Waals surface area contributed by atoms with Gasteiger partial charge in [0.25, 0.3) is 0 Å². The largest absolute Gasteiger partial charge is 0.207 e. The van der Waals surface area contributed by atoms with Crippen molar-refractivity contribution in [3.05, 3.63) is 124 Å². The lowest BCUT2D eigenvalue weighted by molar-refractivity contribution is 0.380. The Hall–Kier alpha value is -4.12. The van der Waals surface area contributed by atoms with E-state index in [0.717, 1.165) is 12.1 Å². The summed E-state index contributed by atoms with van der Waals surface area (Å²) in [5.74, 6) is -45.7. The van der Waals surface area contributed by atoms with Crippen LogP contribution >= 0.6 is 11.1 Å². The van der Waals surface area contributed by atoms with Gasteiger partial charge < -0.3 is 0 Å². The van der Waals surface area contributed by atoms with Gasteiger partial charge in [0.05, 0.1) is 0 Å². The summed E-state index contributed by atoms with van der Waals surface area (Å²) in [6, 6.07) is 5.71. The minimum Gasteiger partial charge on any atom is -0.207 e. The summed E-state index contributed by atoms with van der Waals surface area (Å²) < 4.78 is 226. The molecule has 5 rings (SSSR count). The minimum absolute atomic E-state index is 0.0782. The molecule has 5 aromatic rings. The summed E-state index contributed by atoms with van der Waals surface area (Å²) in [6.45, 7) is 3.32. The van der Waals surface area contributed by atoms with E-state index < -0.39 is 123 Å². The van der Waals surface area contributed by atoms with Crippen LogP contribution < -0.4 is 27.0 Å². The smallest absolute Gasteiger partial charge is 0.200 e. The van der Waals surface area contributed by atoms with Gasteiger partial charge in [0, 0.05) is 0 Å². The zero-order chi connectivity index (χ0) is 35.9. The zero-order valence-electron chi connectivity index (χ0n) is 23.6. The summed E-state index contributed by atoms with van der Waals surface area (Å²) in [4.78, 5) is 0. The SMILES string of the molecule is C[Si](C)(Cl)c1ccc2cc([B-](c3c(F)c(F)c(F)c(F)c3F)(c3c(F)c(F)c(F)c(F)c3F)c3c(F)c(F)c(F)c(F)c3F)ccc2c1. The highest BCUT2D eigenvalue weighted by atomic mass is 35.6. The molecule has 18 heteroatoms. The summed E-state index contributed by atoms with van der Waals surface area (Å²) in [5.41, 5.74) is -9.48. The number of hydrogen-bond donors (Lipinski definition) is 0. The maximum atomic E-state index is 15.8. The molecule has 0 unspecified atom stereocenters. The molecule has 0 bridgehead atoms. The Morgan fingerprint density at radius 2 is 0.667 bits per heavy atom. The first-order valence-corrected chi connectivity index (χ1v) is 17.2. The molecule has 0 saturated carbocycles. The monoisotopic (exact) mass is 731 g/mol. The van der Waals surface area contributed by atoms with Crippen LogP contribution in [0.3, 0.4) is 0 Å². The Labute approximate surface area is 265 Å². The zero-order valence-corrected chi connectivity index (χ0v) is 25.3. The van der Waals surface area contributed by atoms with Crippen molar-refractivity contribution in [2.45, 2.75) is 13.1 Å². The molecule has 0 N–H and O–H groups in total. The number of fused-ring (bicyclic) bond motifs is 1. The van der Waals surface area contributed by atoms with Crippen LogP contribution in [0.4, 0.5) is 65.9 Å². The molecule has 0 aliphatic rings. The van der Waals surface area contributed by atoms with Crippen molar-refractivity contribution in [3.63, 3.8) is 0 Å². The maximum Gasteiger partial charge on any atom is 0.200 e. The van der Waals surface area contributed by atoms with Gasteiger partial charge in [0.2, 0.25) is 0 Å². The van der Waals surface area contributed by atoms with E-state index in [9.17, 15) is 39.5 Å². The van der Waals surface area contributed by atoms with Crippen LogP contribution in [0.2, 0.25) is 13.1 Å². The molecule has 0 saturated heterocycles. The van der Waals surface area contributed by atoms with Gasteiger partial charge in [-0.15, -0.1) is 16.4 Å². The fraction of sp³-hybridized carbons (Fsp3) is 0.0667. The predicted molar refractivity (Wildman–Crippen MR) is 150 cm³/mol. The van der Waals surface area contributed by atoms with Gasteiger partial charge in [0.1, 0.15) is 41.0 Å². The summed E-state index contributed by atoms with van der Waals surface area (Å²) >= 11 is 6.42. The van der Waals surface area contributed by atoms with E-state index in [2.05, 4.69) is 0 Å². The highest BCUT2D eigenvalue weighted by molar-refractivity contribution is 7.26. The van der Waals surface area contributed by atoms with Crippen LogP contribution in [0.5, 0.6) is 0 Å². The second-order valence-electron chi connectivity index (χ2n) is 11.1. The molecule has 5 aromatic carbocycles. The van der Waals surface area contributed by atoms with Crippen LogP contribution in [0, 0.1) is 87.3 Å². The second-order valence-corrected chi connectivity index (χ2v) is 17.5. The molecule has 48 heavy (non-hydrogen) atoms. The van der Waals surface area contributed by atoms with E-state index in [1.807, 2.05) is 0 Å². The molecule has 252 valence electrons. The summed E-state index contributed by atoms with van der Waals surface area (Å²) in [6.07, 6.45) is -5.85. The third kappa shape index (κ3) is 4.87. The first kappa shape index (κ1) is 35.2. The second kappa shape index (κ2) is 11.8. The lowest BCUT2D eigenvalue weighted by Gasteiger charge is -2.44. The molecule has 0 nitrogen and oxygen atoms in total. The average molecular weight is 732 g/mol. The van der Waals surface area contributed by atoms with E-state index in [1.54, 1.807) is 13.1 Å². The maximum absolute atomic E-state index is 15.8. The fourth-order valence-corrected chi connectivity index (χ4v) is 7.17. The van der Waals surface area contributed by atoms with Crippen molar-refractivity contribution in [3.8, 4) is 0 Å². The van der Waals surface area contributed by atoms with E-state index in [-0.39, 0.29) is 10.8 Å². The highest BCUT2D eigenvalue weighted by Gasteiger charge is 2.49. The minimum atomic E-state index is -5.85. The third-order valence-corrected chi connectivity index (χ3v) is 10.4. The molecule has 0 spiro atoms. The van der Waals surface area contributed by atoms with Crippen molar-refractivity contribution in [1.29, 1.82) is 0 Å². The summed E-state index contributed by atoms with van der Waals surface area (Å²) in [7, 11) is -2.64. The molecule has 0 radical (unpaired) electrons. The quantitative estimate of drug-likeness (QED) is 0.0604. The molecule has 0 atom stereocenters. The Balaban J connectivity index is 2.21. The molecule has 0 amide bonds. The van der Waals surface area contributed by atoms with Gasteiger partial charge in [-0.05, 0) is 16.0 Å². The molecule has 0 aliphatic heterocycles. The number of benzene rings is 5. The Bertz CT molecular complexity index is 1940. The fourth-order valence-electron chi connectivity index (χ4n) is 5.84. The van der Waals surface area contributed by atoms with Crippen molar-refractivity contribution in [2.24, 2.45) is 0 Å². The molecule has 0 aliphatic carbocycles. The number of hydrogen-bond acceptors (Lipinski definition) is 0. The van der Waals surface area contributed by atoms with Crippen molar-refractivity contribution < 1.29 is 65.9 Å². The van der Waals surface area contributed by atoms with Crippen LogP contribution in [0.25, 0.3) is 10.8 Å². The van der Waals surface area contributed by atoms with Gasteiger partial charge in [-0.25, -0.2) is 65.9 Å². The van der Waals surface area contributed by atoms with Gasteiger partial charge >= 0.3 is 0 Å².